The number of hydrogen-bond acceptors (Lipinski definition) is 4. The second-order valence-corrected chi connectivity index (χ2v) is 7.93. The number of aliphatic imine (C=N–C) groups is 1. The monoisotopic (exact) mass is 445 g/mol. The van der Waals surface area contributed by atoms with E-state index >= 15 is 0 Å². The normalized spacial score (nSPS) is 13.4. The Morgan fingerprint density at radius 3 is 2.67 bits per heavy atom. The number of halogens is 1. The van der Waals surface area contributed by atoms with E-state index < -0.39 is 9.84 Å². The van der Waals surface area contributed by atoms with E-state index in [0.717, 1.165) is 6.54 Å². The van der Waals surface area contributed by atoms with Gasteiger partial charge in [-0.2, -0.15) is 0 Å². The van der Waals surface area contributed by atoms with Gasteiger partial charge in [-0.3, -0.25) is 4.99 Å². The molecule has 1 heterocycles. The highest BCUT2D eigenvalue weighted by Gasteiger charge is 2.07. The third-order valence-corrected chi connectivity index (χ3v) is 4.71. The fourth-order valence-electron chi connectivity index (χ4n) is 1.59. The van der Waals surface area contributed by atoms with Crippen molar-refractivity contribution in [2.75, 3.05) is 31.6 Å². The Kier molecular flexibility index (Phi) is 10.2. The van der Waals surface area contributed by atoms with E-state index in [9.17, 15) is 8.42 Å². The van der Waals surface area contributed by atoms with Crippen molar-refractivity contribution < 1.29 is 8.42 Å². The molecule has 5 nitrogen and oxygen atoms in total. The Balaban J connectivity index is 0.00000400. The first-order valence-corrected chi connectivity index (χ1v) is 9.59. The second kappa shape index (κ2) is 10.4. The van der Waals surface area contributed by atoms with Gasteiger partial charge in [0.15, 0.2) is 5.96 Å². The molecule has 1 unspecified atom stereocenters. The van der Waals surface area contributed by atoms with Crippen LogP contribution in [0.25, 0.3) is 0 Å². The van der Waals surface area contributed by atoms with E-state index in [2.05, 4.69) is 34.0 Å². The molecule has 0 aliphatic carbocycles. The van der Waals surface area contributed by atoms with Gasteiger partial charge in [0.1, 0.15) is 9.84 Å². The molecule has 0 bridgehead atoms. The van der Waals surface area contributed by atoms with Crippen molar-refractivity contribution >= 4 is 51.1 Å². The summed E-state index contributed by atoms with van der Waals surface area (Å²) >= 11 is 1.73. The quantitative estimate of drug-likeness (QED) is 0.383. The molecule has 0 aliphatic heterocycles. The summed E-state index contributed by atoms with van der Waals surface area (Å²) in [6, 6.07) is 4.14. The first-order chi connectivity index (χ1) is 9.42. The van der Waals surface area contributed by atoms with Crippen molar-refractivity contribution in [1.29, 1.82) is 0 Å². The van der Waals surface area contributed by atoms with Crippen molar-refractivity contribution in [2.45, 2.75) is 19.8 Å². The maximum atomic E-state index is 11.1. The number of guanidine groups is 1. The number of hydrogen-bond donors (Lipinski definition) is 2. The molecular weight excluding hydrogens is 421 g/mol. The highest BCUT2D eigenvalue weighted by Crippen LogP contribution is 2.20. The molecule has 0 amide bonds. The number of rotatable bonds is 7. The van der Waals surface area contributed by atoms with Gasteiger partial charge >= 0.3 is 0 Å². The minimum absolute atomic E-state index is 0. The Hall–Kier alpha value is -0.350. The van der Waals surface area contributed by atoms with Crippen LogP contribution < -0.4 is 10.6 Å². The average molecular weight is 445 g/mol. The first kappa shape index (κ1) is 20.6. The number of nitrogens with one attached hydrogen (secondary N) is 2. The van der Waals surface area contributed by atoms with Crippen LogP contribution in [0.2, 0.25) is 0 Å². The third kappa shape index (κ3) is 9.30. The van der Waals surface area contributed by atoms with Crippen molar-refractivity contribution in [3.63, 3.8) is 0 Å². The fraction of sp³-hybridized carbons (Fsp3) is 0.615. The van der Waals surface area contributed by atoms with Gasteiger partial charge in [-0.25, -0.2) is 8.42 Å². The van der Waals surface area contributed by atoms with E-state index in [1.54, 1.807) is 11.3 Å². The fourth-order valence-corrected chi connectivity index (χ4v) is 2.84. The number of nitrogens with zero attached hydrogens (tertiary/aromatic N) is 1. The maximum Gasteiger partial charge on any atom is 0.191 e. The molecule has 1 atom stereocenters. The standard InChI is InChI=1S/C13H23N3O2S2.HI/c1-4-14-13(15-7-9-20(3,17)18)16-10-11(2)12-6-5-8-19-12;/h5-6,8,11H,4,7,9-10H2,1-3H3,(H2,14,15,16);1H. The Bertz CT molecular complexity index is 516. The molecule has 0 aromatic carbocycles. The molecule has 2 N–H and O–H groups in total. The lowest BCUT2D eigenvalue weighted by atomic mass is 10.1. The van der Waals surface area contributed by atoms with Gasteiger partial charge < -0.3 is 10.6 Å². The summed E-state index contributed by atoms with van der Waals surface area (Å²) in [7, 11) is -2.95. The molecule has 8 heteroatoms. The van der Waals surface area contributed by atoms with Crippen molar-refractivity contribution in [1.82, 2.24) is 10.6 Å². The molecule has 0 fully saturated rings. The molecule has 0 spiro atoms. The first-order valence-electron chi connectivity index (χ1n) is 6.65. The van der Waals surface area contributed by atoms with Crippen molar-refractivity contribution in [3.05, 3.63) is 22.4 Å². The van der Waals surface area contributed by atoms with Crippen LogP contribution in [0.15, 0.2) is 22.5 Å². The largest absolute Gasteiger partial charge is 0.357 e. The molecule has 0 radical (unpaired) electrons. The van der Waals surface area contributed by atoms with Crippen LogP contribution in [-0.4, -0.2) is 46.0 Å². The second-order valence-electron chi connectivity index (χ2n) is 4.69. The van der Waals surface area contributed by atoms with E-state index in [0.29, 0.717) is 25.0 Å². The van der Waals surface area contributed by atoms with Gasteiger partial charge in [0.2, 0.25) is 0 Å². The SMILES string of the molecule is CCNC(=NCC(C)c1cccs1)NCCS(C)(=O)=O.I. The maximum absolute atomic E-state index is 11.1. The molecule has 1 aromatic rings. The smallest absolute Gasteiger partial charge is 0.191 e. The average Bonchev–Trinajstić information content (AvgIpc) is 2.88. The Morgan fingerprint density at radius 2 is 2.14 bits per heavy atom. The minimum atomic E-state index is -2.95. The van der Waals surface area contributed by atoms with Crippen LogP contribution in [0, 0.1) is 0 Å². The topological polar surface area (TPSA) is 70.6 Å². The highest BCUT2D eigenvalue weighted by atomic mass is 127. The zero-order chi connectivity index (χ0) is 15.0. The van der Waals surface area contributed by atoms with Crippen LogP contribution in [-0.2, 0) is 9.84 Å². The van der Waals surface area contributed by atoms with Gasteiger partial charge in [0, 0.05) is 30.1 Å². The number of sulfone groups is 1. The van der Waals surface area contributed by atoms with E-state index in [4.69, 9.17) is 0 Å². The zero-order valence-electron chi connectivity index (χ0n) is 12.6. The van der Waals surface area contributed by atoms with Gasteiger partial charge in [0.25, 0.3) is 0 Å². The van der Waals surface area contributed by atoms with Crippen LogP contribution >= 0.6 is 35.3 Å². The lowest BCUT2D eigenvalue weighted by molar-refractivity contribution is 0.600. The van der Waals surface area contributed by atoms with Crippen LogP contribution in [0.3, 0.4) is 0 Å². The molecule has 0 aliphatic rings. The van der Waals surface area contributed by atoms with Gasteiger partial charge in [-0.05, 0) is 18.4 Å². The molecule has 1 rings (SSSR count). The summed E-state index contributed by atoms with van der Waals surface area (Å²) in [6.07, 6.45) is 1.23. The molecule has 0 saturated heterocycles. The van der Waals surface area contributed by atoms with Gasteiger partial charge in [0.05, 0.1) is 12.3 Å². The number of thiophene rings is 1. The summed E-state index contributed by atoms with van der Waals surface area (Å²) in [5.41, 5.74) is 0. The molecule has 0 saturated carbocycles. The lowest BCUT2D eigenvalue weighted by Gasteiger charge is -2.12. The summed E-state index contributed by atoms with van der Waals surface area (Å²) in [4.78, 5) is 5.80. The summed E-state index contributed by atoms with van der Waals surface area (Å²) in [6.45, 7) is 5.91. The van der Waals surface area contributed by atoms with E-state index in [1.807, 2.05) is 13.0 Å². The van der Waals surface area contributed by atoms with Crippen molar-refractivity contribution in [3.8, 4) is 0 Å². The minimum Gasteiger partial charge on any atom is -0.357 e. The molecular formula is C13H24IN3O2S2. The predicted molar refractivity (Wildman–Crippen MR) is 102 cm³/mol. The Labute approximate surface area is 148 Å². The summed E-state index contributed by atoms with van der Waals surface area (Å²) in [5, 5.41) is 8.22. The lowest BCUT2D eigenvalue weighted by Crippen LogP contribution is -2.39. The van der Waals surface area contributed by atoms with Crippen LogP contribution in [0.1, 0.15) is 24.6 Å². The van der Waals surface area contributed by atoms with E-state index in [1.165, 1.54) is 11.1 Å². The molecule has 122 valence electrons. The summed E-state index contributed by atoms with van der Waals surface area (Å²) < 4.78 is 22.2. The summed E-state index contributed by atoms with van der Waals surface area (Å²) in [5.74, 6) is 1.14. The zero-order valence-corrected chi connectivity index (χ0v) is 16.6. The van der Waals surface area contributed by atoms with Gasteiger partial charge in [-0.15, -0.1) is 35.3 Å². The van der Waals surface area contributed by atoms with Crippen molar-refractivity contribution in [2.24, 2.45) is 4.99 Å². The van der Waals surface area contributed by atoms with Gasteiger partial charge in [-0.1, -0.05) is 13.0 Å². The van der Waals surface area contributed by atoms with Crippen LogP contribution in [0.5, 0.6) is 0 Å². The molecule has 21 heavy (non-hydrogen) atoms. The third-order valence-electron chi connectivity index (χ3n) is 2.66. The molecule has 1 aromatic heterocycles. The predicted octanol–water partition coefficient (Wildman–Crippen LogP) is 2.07. The van der Waals surface area contributed by atoms with E-state index in [-0.39, 0.29) is 29.7 Å². The Morgan fingerprint density at radius 1 is 1.43 bits per heavy atom. The highest BCUT2D eigenvalue weighted by molar-refractivity contribution is 14.0. The van der Waals surface area contributed by atoms with Crippen LogP contribution in [0.4, 0.5) is 0 Å².